The van der Waals surface area contributed by atoms with Crippen molar-refractivity contribution in [1.29, 1.82) is 0 Å². The molecule has 0 saturated carbocycles. The zero-order valence-corrected chi connectivity index (χ0v) is 10.2. The Labute approximate surface area is 103 Å². The number of nitrogens with two attached hydrogens (primary N) is 1. The van der Waals surface area contributed by atoms with Gasteiger partial charge in [0.25, 0.3) is 0 Å². The number of imidazole rings is 1. The minimum atomic E-state index is -0.541. The van der Waals surface area contributed by atoms with E-state index in [2.05, 4.69) is 15.3 Å². The second-order valence-corrected chi connectivity index (χ2v) is 4.09. The first-order valence-electron chi connectivity index (χ1n) is 5.17. The fourth-order valence-electron chi connectivity index (χ4n) is 1.67. The predicted octanol–water partition coefficient (Wildman–Crippen LogP) is 1.07. The maximum absolute atomic E-state index is 10.6. The number of nitrogens with zero attached hydrogens (tertiary/aromatic N) is 2. The van der Waals surface area contributed by atoms with E-state index in [9.17, 15) is 4.79 Å². The third kappa shape index (κ3) is 2.28. The number of amides is 2. The second-order valence-electron chi connectivity index (χ2n) is 3.70. The van der Waals surface area contributed by atoms with Crippen molar-refractivity contribution >= 4 is 29.4 Å². The van der Waals surface area contributed by atoms with E-state index in [0.29, 0.717) is 17.9 Å². The number of carbonyl (C=O) groups is 1. The Morgan fingerprint density at radius 1 is 1.71 bits per heavy atom. The maximum Gasteiger partial charge on any atom is 0.312 e. The fourth-order valence-corrected chi connectivity index (χ4v) is 1.95. The summed E-state index contributed by atoms with van der Waals surface area (Å²) in [6.07, 6.45) is 1.73. The topological polar surface area (TPSA) is 88.7 Å². The summed E-state index contributed by atoms with van der Waals surface area (Å²) in [5.41, 5.74) is 7.80. The highest BCUT2D eigenvalue weighted by Crippen LogP contribution is 2.14. The van der Waals surface area contributed by atoms with Crippen LogP contribution in [-0.4, -0.2) is 27.1 Å². The minimum absolute atomic E-state index is 0.423. The van der Waals surface area contributed by atoms with Crippen LogP contribution in [0.15, 0.2) is 12.3 Å². The molecular weight excluding hydrogens is 238 g/mol. The van der Waals surface area contributed by atoms with Crippen LogP contribution in [-0.2, 0) is 6.54 Å². The van der Waals surface area contributed by atoms with Gasteiger partial charge in [-0.1, -0.05) is 0 Å². The normalized spacial score (nSPS) is 10.6. The number of urea groups is 1. The van der Waals surface area contributed by atoms with Crippen molar-refractivity contribution in [3.05, 3.63) is 22.6 Å². The van der Waals surface area contributed by atoms with Gasteiger partial charge in [0.1, 0.15) is 0 Å². The van der Waals surface area contributed by atoms with E-state index >= 15 is 0 Å². The number of hydrogen-bond acceptors (Lipinski definition) is 3. The van der Waals surface area contributed by atoms with Gasteiger partial charge >= 0.3 is 6.03 Å². The summed E-state index contributed by atoms with van der Waals surface area (Å²) in [5, 5.41) is 2.52. The van der Waals surface area contributed by atoms with E-state index in [1.807, 2.05) is 17.6 Å². The number of carbonyl (C=O) groups excluding carboxylic acids is 1. The van der Waals surface area contributed by atoms with Gasteiger partial charge in [-0.05, 0) is 30.8 Å². The van der Waals surface area contributed by atoms with Crippen molar-refractivity contribution in [1.82, 2.24) is 19.9 Å². The number of aromatic amines is 1. The highest BCUT2D eigenvalue weighted by atomic mass is 32.1. The van der Waals surface area contributed by atoms with E-state index in [4.69, 9.17) is 18.0 Å². The molecule has 90 valence electrons. The molecule has 0 bridgehead atoms. The third-order valence-electron chi connectivity index (χ3n) is 2.51. The van der Waals surface area contributed by atoms with Gasteiger partial charge in [0.15, 0.2) is 10.4 Å². The van der Waals surface area contributed by atoms with E-state index in [1.54, 1.807) is 6.20 Å². The van der Waals surface area contributed by atoms with Gasteiger partial charge in [0, 0.05) is 19.3 Å². The highest BCUT2D eigenvalue weighted by Gasteiger charge is 2.07. The van der Waals surface area contributed by atoms with Crippen LogP contribution < -0.4 is 11.1 Å². The van der Waals surface area contributed by atoms with Crippen LogP contribution in [0.3, 0.4) is 0 Å². The van der Waals surface area contributed by atoms with Crippen LogP contribution in [0, 0.1) is 11.7 Å². The van der Waals surface area contributed by atoms with Crippen molar-refractivity contribution in [3.63, 3.8) is 0 Å². The Morgan fingerprint density at radius 2 is 2.47 bits per heavy atom. The minimum Gasteiger partial charge on any atom is -0.352 e. The number of aromatic nitrogens is 3. The smallest absolute Gasteiger partial charge is 0.312 e. The van der Waals surface area contributed by atoms with Crippen molar-refractivity contribution in [2.45, 2.75) is 13.5 Å². The van der Waals surface area contributed by atoms with Crippen LogP contribution in [0.25, 0.3) is 11.2 Å². The van der Waals surface area contributed by atoms with Crippen molar-refractivity contribution in [3.8, 4) is 0 Å². The first kappa shape index (κ1) is 11.6. The molecule has 0 aliphatic carbocycles. The average Bonchev–Trinajstić information content (AvgIpc) is 2.57. The molecule has 0 unspecified atom stereocenters. The van der Waals surface area contributed by atoms with Crippen molar-refractivity contribution in [2.24, 2.45) is 5.73 Å². The van der Waals surface area contributed by atoms with Crippen LogP contribution in [0.4, 0.5) is 4.79 Å². The molecule has 0 aliphatic rings. The molecular formula is C10H13N5OS. The molecule has 0 radical (unpaired) electrons. The molecule has 6 nitrogen and oxygen atoms in total. The Balaban J connectivity index is 2.34. The molecule has 2 rings (SSSR count). The summed E-state index contributed by atoms with van der Waals surface area (Å²) < 4.78 is 2.43. The van der Waals surface area contributed by atoms with E-state index in [-0.39, 0.29) is 0 Å². The molecule has 2 amide bonds. The molecule has 0 saturated heterocycles. The standard InChI is InChI=1S/C10H13N5OS/c1-6-2-3-12-8-7(6)14-10(17)15(8)5-4-13-9(11)16/h2-3H,4-5H2,1H3,(H,14,17)(H3,11,13,16). The van der Waals surface area contributed by atoms with Gasteiger partial charge in [-0.3, -0.25) is 4.57 Å². The summed E-state index contributed by atoms with van der Waals surface area (Å²) >= 11 is 5.22. The lowest BCUT2D eigenvalue weighted by Gasteiger charge is -2.04. The monoisotopic (exact) mass is 251 g/mol. The number of H-pyrrole nitrogens is 1. The SMILES string of the molecule is Cc1ccnc2c1[nH]c(=S)n2CCNC(N)=O. The summed E-state index contributed by atoms with van der Waals surface area (Å²) in [6, 6.07) is 1.38. The molecule has 0 aromatic carbocycles. The molecule has 17 heavy (non-hydrogen) atoms. The van der Waals surface area contributed by atoms with Crippen LogP contribution in [0.1, 0.15) is 5.56 Å². The lowest BCUT2D eigenvalue weighted by Crippen LogP contribution is -2.32. The molecule has 0 fully saturated rings. The molecule has 2 aromatic heterocycles. The van der Waals surface area contributed by atoms with Crippen molar-refractivity contribution < 1.29 is 4.79 Å². The Hall–Kier alpha value is -1.89. The van der Waals surface area contributed by atoms with Gasteiger partial charge in [-0.15, -0.1) is 0 Å². The van der Waals surface area contributed by atoms with Gasteiger partial charge in [0.05, 0.1) is 5.52 Å². The summed E-state index contributed by atoms with van der Waals surface area (Å²) in [7, 11) is 0. The number of hydrogen-bond donors (Lipinski definition) is 3. The lowest BCUT2D eigenvalue weighted by atomic mass is 10.3. The molecule has 2 aromatic rings. The lowest BCUT2D eigenvalue weighted by molar-refractivity contribution is 0.248. The zero-order valence-electron chi connectivity index (χ0n) is 9.36. The quantitative estimate of drug-likeness (QED) is 0.713. The second kappa shape index (κ2) is 4.54. The van der Waals surface area contributed by atoms with E-state index < -0.39 is 6.03 Å². The molecule has 4 N–H and O–H groups in total. The van der Waals surface area contributed by atoms with Crippen LogP contribution >= 0.6 is 12.2 Å². The number of primary amides is 1. The summed E-state index contributed by atoms with van der Waals surface area (Å²) in [6.45, 7) is 2.95. The molecule has 0 aliphatic heterocycles. The highest BCUT2D eigenvalue weighted by molar-refractivity contribution is 7.71. The van der Waals surface area contributed by atoms with E-state index in [1.165, 1.54) is 0 Å². The summed E-state index contributed by atoms with van der Waals surface area (Å²) in [5.74, 6) is 0. The first-order valence-corrected chi connectivity index (χ1v) is 5.58. The molecule has 2 heterocycles. The molecule has 0 spiro atoms. The average molecular weight is 251 g/mol. The zero-order chi connectivity index (χ0) is 12.4. The Morgan fingerprint density at radius 3 is 3.18 bits per heavy atom. The number of fused-ring (bicyclic) bond motifs is 1. The fraction of sp³-hybridized carbons (Fsp3) is 0.300. The maximum atomic E-state index is 10.6. The number of aryl methyl sites for hydroxylation is 1. The first-order chi connectivity index (χ1) is 8.09. The molecule has 0 atom stereocenters. The van der Waals surface area contributed by atoms with Gasteiger partial charge < -0.3 is 16.0 Å². The number of pyridine rings is 1. The van der Waals surface area contributed by atoms with Gasteiger partial charge in [0.2, 0.25) is 0 Å². The Kier molecular flexibility index (Phi) is 3.10. The van der Waals surface area contributed by atoms with Crippen molar-refractivity contribution in [2.75, 3.05) is 6.54 Å². The van der Waals surface area contributed by atoms with E-state index in [0.717, 1.165) is 16.7 Å². The van der Waals surface area contributed by atoms with Crippen LogP contribution in [0.5, 0.6) is 0 Å². The van der Waals surface area contributed by atoms with Gasteiger partial charge in [-0.25, -0.2) is 9.78 Å². The summed E-state index contributed by atoms with van der Waals surface area (Å²) in [4.78, 5) is 18.0. The third-order valence-corrected chi connectivity index (χ3v) is 2.83. The number of nitrogens with one attached hydrogen (secondary N) is 2. The molecule has 7 heteroatoms. The Bertz CT molecular complexity index is 615. The number of rotatable bonds is 3. The predicted molar refractivity (Wildman–Crippen MR) is 67.2 cm³/mol. The largest absolute Gasteiger partial charge is 0.352 e. The van der Waals surface area contributed by atoms with Crippen LogP contribution in [0.2, 0.25) is 0 Å². The van der Waals surface area contributed by atoms with Gasteiger partial charge in [-0.2, -0.15) is 0 Å².